The molecule has 2 heterocycles. The zero-order chi connectivity index (χ0) is 19.5. The molecule has 150 valence electrons. The molecule has 0 radical (unpaired) electrons. The Morgan fingerprint density at radius 2 is 1.86 bits per heavy atom. The number of benzene rings is 1. The number of aromatic nitrogens is 1. The van der Waals surface area contributed by atoms with Gasteiger partial charge in [0.25, 0.3) is 5.56 Å². The van der Waals surface area contributed by atoms with Crippen molar-refractivity contribution in [2.24, 2.45) is 5.92 Å². The smallest absolute Gasteiger partial charge is 0.251 e. The van der Waals surface area contributed by atoms with Gasteiger partial charge in [-0.1, -0.05) is 31.9 Å². The molecule has 5 nitrogen and oxygen atoms in total. The van der Waals surface area contributed by atoms with Crippen LogP contribution < -0.4 is 5.56 Å². The maximum Gasteiger partial charge on any atom is 0.251 e. The number of carbonyl (C=O) groups excluding carboxylic acids is 1. The van der Waals surface area contributed by atoms with Crippen molar-refractivity contribution in [1.82, 2.24) is 14.8 Å². The van der Waals surface area contributed by atoms with Crippen LogP contribution in [0.5, 0.6) is 0 Å². The lowest BCUT2D eigenvalue weighted by Crippen LogP contribution is -2.48. The number of fused-ring (bicyclic) bond motifs is 1. The van der Waals surface area contributed by atoms with Gasteiger partial charge in [-0.3, -0.25) is 14.5 Å². The van der Waals surface area contributed by atoms with Gasteiger partial charge >= 0.3 is 0 Å². The van der Waals surface area contributed by atoms with E-state index < -0.39 is 0 Å². The van der Waals surface area contributed by atoms with Crippen LogP contribution in [0.25, 0.3) is 10.9 Å². The minimum atomic E-state index is 0.0153. The lowest BCUT2D eigenvalue weighted by Gasteiger charge is -2.35. The Kier molecular flexibility index (Phi) is 5.81. The highest BCUT2D eigenvalue weighted by molar-refractivity contribution is 5.79. The third-order valence-corrected chi connectivity index (χ3v) is 6.44. The monoisotopic (exact) mass is 381 g/mol. The lowest BCUT2D eigenvalue weighted by molar-refractivity contribution is -0.134. The summed E-state index contributed by atoms with van der Waals surface area (Å²) in [6.45, 7) is 6.35. The first-order chi connectivity index (χ1) is 13.6. The Balaban J connectivity index is 1.34. The van der Waals surface area contributed by atoms with E-state index in [0.29, 0.717) is 11.8 Å². The number of hydrogen-bond acceptors (Lipinski definition) is 3. The summed E-state index contributed by atoms with van der Waals surface area (Å²) in [6.07, 6.45) is 6.55. The maximum atomic E-state index is 12.5. The van der Waals surface area contributed by atoms with E-state index in [4.69, 9.17) is 0 Å². The second-order valence-electron chi connectivity index (χ2n) is 8.41. The van der Waals surface area contributed by atoms with Crippen molar-refractivity contribution in [3.8, 4) is 0 Å². The van der Waals surface area contributed by atoms with Gasteiger partial charge < -0.3 is 9.88 Å². The van der Waals surface area contributed by atoms with Gasteiger partial charge in [-0.15, -0.1) is 0 Å². The number of amides is 1. The highest BCUT2D eigenvalue weighted by Crippen LogP contribution is 2.28. The summed E-state index contributed by atoms with van der Waals surface area (Å²) < 4.78 is 0. The quantitative estimate of drug-likeness (QED) is 0.864. The van der Waals surface area contributed by atoms with Crippen LogP contribution in [0, 0.1) is 5.92 Å². The van der Waals surface area contributed by atoms with E-state index in [0.717, 1.165) is 62.0 Å². The number of carbonyl (C=O) groups is 1. The molecule has 1 amide bonds. The molecule has 2 aliphatic rings. The minimum absolute atomic E-state index is 0.0153. The zero-order valence-electron chi connectivity index (χ0n) is 16.9. The van der Waals surface area contributed by atoms with Crippen LogP contribution in [0.1, 0.15) is 50.2 Å². The van der Waals surface area contributed by atoms with Gasteiger partial charge in [0.15, 0.2) is 0 Å². The lowest BCUT2D eigenvalue weighted by atomic mass is 10.0. The summed E-state index contributed by atoms with van der Waals surface area (Å²) in [6, 6.07) is 8.33. The second-order valence-corrected chi connectivity index (χ2v) is 8.41. The van der Waals surface area contributed by atoms with Gasteiger partial charge in [0.05, 0.1) is 0 Å². The van der Waals surface area contributed by atoms with Gasteiger partial charge in [-0.25, -0.2) is 0 Å². The van der Waals surface area contributed by atoms with Crippen LogP contribution in [-0.4, -0.2) is 46.9 Å². The molecular formula is C23H31N3O2. The standard InChI is InChI=1S/C23H31N3O2/c1-2-19-15-20-8-7-18(13-21(20)24-23(19)28)16-25-9-11-26(12-10-25)22(27)14-17-5-3-4-6-17/h7-8,13,15,17H,2-6,9-12,14,16H2,1H3,(H,24,28). The average molecular weight is 382 g/mol. The molecule has 1 saturated heterocycles. The van der Waals surface area contributed by atoms with Crippen LogP contribution in [-0.2, 0) is 17.8 Å². The van der Waals surface area contributed by atoms with E-state index >= 15 is 0 Å². The topological polar surface area (TPSA) is 56.4 Å². The van der Waals surface area contributed by atoms with Gasteiger partial charge in [-0.05, 0) is 48.3 Å². The fourth-order valence-electron chi connectivity index (χ4n) is 4.66. The summed E-state index contributed by atoms with van der Waals surface area (Å²) in [5, 5.41) is 1.09. The Bertz CT molecular complexity index is 890. The number of aromatic amines is 1. The van der Waals surface area contributed by atoms with Crippen LogP contribution in [0.4, 0.5) is 0 Å². The largest absolute Gasteiger partial charge is 0.340 e. The van der Waals surface area contributed by atoms with Gasteiger partial charge in [0.1, 0.15) is 0 Å². The molecule has 5 heteroatoms. The van der Waals surface area contributed by atoms with Crippen molar-refractivity contribution in [2.45, 2.75) is 52.0 Å². The number of rotatable bonds is 5. The molecule has 1 aliphatic carbocycles. The number of nitrogens with one attached hydrogen (secondary N) is 1. The van der Waals surface area contributed by atoms with Crippen LogP contribution in [0.15, 0.2) is 29.1 Å². The van der Waals surface area contributed by atoms with E-state index in [1.165, 1.54) is 31.2 Å². The Labute approximate surface area is 166 Å². The van der Waals surface area contributed by atoms with Crippen molar-refractivity contribution < 1.29 is 4.79 Å². The van der Waals surface area contributed by atoms with Crippen molar-refractivity contribution in [3.05, 3.63) is 45.7 Å². The molecule has 1 aliphatic heterocycles. The first-order valence-corrected chi connectivity index (χ1v) is 10.8. The highest BCUT2D eigenvalue weighted by Gasteiger charge is 2.25. The normalized spacial score (nSPS) is 18.8. The minimum Gasteiger partial charge on any atom is -0.340 e. The predicted molar refractivity (Wildman–Crippen MR) is 112 cm³/mol. The highest BCUT2D eigenvalue weighted by atomic mass is 16.2. The van der Waals surface area contributed by atoms with Crippen LogP contribution in [0.2, 0.25) is 0 Å². The van der Waals surface area contributed by atoms with Crippen LogP contribution in [0.3, 0.4) is 0 Å². The molecule has 28 heavy (non-hydrogen) atoms. The van der Waals surface area contributed by atoms with Crippen molar-refractivity contribution in [3.63, 3.8) is 0 Å². The van der Waals surface area contributed by atoms with Gasteiger partial charge in [0.2, 0.25) is 5.91 Å². The molecule has 4 rings (SSSR count). The molecule has 2 fully saturated rings. The number of pyridine rings is 1. The molecule has 1 saturated carbocycles. The fraction of sp³-hybridized carbons (Fsp3) is 0.565. The van der Waals surface area contributed by atoms with E-state index in [-0.39, 0.29) is 5.56 Å². The summed E-state index contributed by atoms with van der Waals surface area (Å²) in [7, 11) is 0. The zero-order valence-corrected chi connectivity index (χ0v) is 16.9. The SMILES string of the molecule is CCc1cc2ccc(CN3CCN(C(=O)CC4CCCC4)CC3)cc2[nH]c1=O. The second kappa shape index (κ2) is 8.48. The van der Waals surface area contributed by atoms with E-state index in [9.17, 15) is 9.59 Å². The molecule has 0 unspecified atom stereocenters. The molecular weight excluding hydrogens is 350 g/mol. The molecule has 1 aromatic carbocycles. The third kappa shape index (κ3) is 4.30. The summed E-state index contributed by atoms with van der Waals surface area (Å²) >= 11 is 0. The Morgan fingerprint density at radius 3 is 2.57 bits per heavy atom. The third-order valence-electron chi connectivity index (χ3n) is 6.44. The van der Waals surface area contributed by atoms with E-state index in [1.807, 2.05) is 13.0 Å². The van der Waals surface area contributed by atoms with Crippen molar-refractivity contribution in [1.29, 1.82) is 0 Å². The molecule has 0 bridgehead atoms. The van der Waals surface area contributed by atoms with E-state index in [1.54, 1.807) is 0 Å². The maximum absolute atomic E-state index is 12.5. The molecule has 1 N–H and O–H groups in total. The van der Waals surface area contributed by atoms with Crippen LogP contribution >= 0.6 is 0 Å². The number of piperazine rings is 1. The number of nitrogens with zero attached hydrogens (tertiary/aromatic N) is 2. The number of aryl methyl sites for hydroxylation is 1. The molecule has 2 aromatic rings. The summed E-state index contributed by atoms with van der Waals surface area (Å²) in [5.41, 5.74) is 2.96. The Morgan fingerprint density at radius 1 is 1.11 bits per heavy atom. The summed E-state index contributed by atoms with van der Waals surface area (Å²) in [5.74, 6) is 0.972. The average Bonchev–Trinajstić information content (AvgIpc) is 3.21. The number of H-pyrrole nitrogens is 1. The predicted octanol–water partition coefficient (Wildman–Crippen LogP) is 3.32. The van der Waals surface area contributed by atoms with Crippen molar-refractivity contribution in [2.75, 3.05) is 26.2 Å². The van der Waals surface area contributed by atoms with E-state index in [2.05, 4.69) is 33.0 Å². The van der Waals surface area contributed by atoms with Gasteiger partial charge in [0, 0.05) is 50.2 Å². The summed E-state index contributed by atoms with van der Waals surface area (Å²) in [4.78, 5) is 32.1. The first kappa shape index (κ1) is 19.2. The molecule has 0 atom stereocenters. The van der Waals surface area contributed by atoms with Gasteiger partial charge in [-0.2, -0.15) is 0 Å². The molecule has 1 aromatic heterocycles. The fourth-order valence-corrected chi connectivity index (χ4v) is 4.66. The Hall–Kier alpha value is -2.14. The number of hydrogen-bond donors (Lipinski definition) is 1. The van der Waals surface area contributed by atoms with Crippen molar-refractivity contribution >= 4 is 16.8 Å². The first-order valence-electron chi connectivity index (χ1n) is 10.8. The molecule has 0 spiro atoms.